The highest BCUT2D eigenvalue weighted by atomic mass is 32.2. The predicted octanol–water partition coefficient (Wildman–Crippen LogP) is 5.27. The number of thioether (sulfide) groups is 1. The van der Waals surface area contributed by atoms with Gasteiger partial charge in [0.15, 0.2) is 17.1 Å². The zero-order chi connectivity index (χ0) is 25.4. The van der Waals surface area contributed by atoms with Gasteiger partial charge in [-0.1, -0.05) is 24.8 Å². The maximum Gasteiger partial charge on any atom is 0.341 e. The minimum absolute atomic E-state index is 0.0596. The van der Waals surface area contributed by atoms with Gasteiger partial charge in [0.2, 0.25) is 5.91 Å². The van der Waals surface area contributed by atoms with Crippen LogP contribution in [-0.2, 0) is 22.5 Å². The third-order valence-corrected chi connectivity index (χ3v) is 6.92. The van der Waals surface area contributed by atoms with E-state index in [0.717, 1.165) is 11.3 Å². The Balaban J connectivity index is 1.68. The van der Waals surface area contributed by atoms with Crippen LogP contribution in [0.25, 0.3) is 0 Å². The van der Waals surface area contributed by atoms with Gasteiger partial charge < -0.3 is 14.8 Å². The molecule has 0 saturated heterocycles. The molecule has 0 aliphatic heterocycles. The number of nitrogens with zero attached hydrogens (tertiary/aromatic N) is 3. The number of carbonyl (C=O) groups excluding carboxylic acids is 2. The fourth-order valence-electron chi connectivity index (χ4n) is 3.14. The number of amides is 1. The molecule has 0 aliphatic rings. The topological polar surface area (TPSA) is 95.3 Å². The van der Waals surface area contributed by atoms with Crippen molar-refractivity contribution in [1.82, 2.24) is 14.8 Å². The second-order valence-corrected chi connectivity index (χ2v) is 9.40. The molecule has 1 N–H and O–H groups in total. The molecule has 0 fully saturated rings. The molecular weight excluding hydrogens is 491 g/mol. The van der Waals surface area contributed by atoms with Gasteiger partial charge >= 0.3 is 5.97 Å². The maximum atomic E-state index is 13.2. The third kappa shape index (κ3) is 6.92. The van der Waals surface area contributed by atoms with Crippen molar-refractivity contribution in [1.29, 1.82) is 0 Å². The highest BCUT2D eigenvalue weighted by Gasteiger charge is 2.22. The van der Waals surface area contributed by atoms with E-state index in [0.29, 0.717) is 33.8 Å². The molecule has 1 unspecified atom stereocenters. The van der Waals surface area contributed by atoms with Crippen molar-refractivity contribution in [2.75, 3.05) is 17.7 Å². The van der Waals surface area contributed by atoms with Crippen LogP contribution in [0.3, 0.4) is 0 Å². The van der Waals surface area contributed by atoms with E-state index >= 15 is 0 Å². The van der Waals surface area contributed by atoms with E-state index in [-0.39, 0.29) is 24.1 Å². The maximum absolute atomic E-state index is 13.2. The van der Waals surface area contributed by atoms with Gasteiger partial charge in [-0.3, -0.25) is 9.36 Å². The molecular formula is C24H27FN4O4S2. The molecule has 0 radical (unpaired) electrons. The molecule has 0 saturated carbocycles. The van der Waals surface area contributed by atoms with Gasteiger partial charge in [0.25, 0.3) is 0 Å². The molecule has 0 spiro atoms. The Kier molecular flexibility index (Phi) is 9.44. The number of allylic oxidation sites excluding steroid dienone is 1. The number of hydrogen-bond donors (Lipinski definition) is 1. The van der Waals surface area contributed by atoms with E-state index in [4.69, 9.17) is 9.47 Å². The highest BCUT2D eigenvalue weighted by molar-refractivity contribution is 7.99. The van der Waals surface area contributed by atoms with Crippen LogP contribution in [0.5, 0.6) is 5.75 Å². The lowest BCUT2D eigenvalue weighted by molar-refractivity contribution is -0.113. The first kappa shape index (κ1) is 26.4. The molecule has 11 heteroatoms. The molecule has 3 rings (SSSR count). The molecule has 1 amide bonds. The molecule has 35 heavy (non-hydrogen) atoms. The molecule has 0 aliphatic carbocycles. The summed E-state index contributed by atoms with van der Waals surface area (Å²) in [5.41, 5.74) is 0.357. The summed E-state index contributed by atoms with van der Waals surface area (Å²) in [4.78, 5) is 25.9. The monoisotopic (exact) mass is 518 g/mol. The van der Waals surface area contributed by atoms with Crippen LogP contribution in [-0.4, -0.2) is 39.0 Å². The lowest BCUT2D eigenvalue weighted by Gasteiger charge is -2.15. The fourth-order valence-corrected chi connectivity index (χ4v) is 4.90. The predicted molar refractivity (Wildman–Crippen MR) is 135 cm³/mol. The van der Waals surface area contributed by atoms with Crippen LogP contribution in [0.15, 0.2) is 48.1 Å². The van der Waals surface area contributed by atoms with Crippen molar-refractivity contribution in [2.45, 2.75) is 45.0 Å². The minimum atomic E-state index is -0.471. The normalized spacial score (nSPS) is 11.7. The number of ether oxygens (including phenoxy) is 2. The number of thiophene rings is 1. The summed E-state index contributed by atoms with van der Waals surface area (Å²) in [6.07, 6.45) is 1.97. The van der Waals surface area contributed by atoms with Gasteiger partial charge in [-0.15, -0.1) is 28.1 Å². The Labute approximate surface area is 211 Å². The number of benzene rings is 1. The SMILES string of the molecule is C=CCn1c(SCC(=O)Nc2sc(CC)cc2C(=O)OCC)nnc1C(C)Oc1ccc(F)cc1. The van der Waals surface area contributed by atoms with Crippen LogP contribution in [0, 0.1) is 5.82 Å². The van der Waals surface area contributed by atoms with Crippen molar-refractivity contribution in [3.63, 3.8) is 0 Å². The van der Waals surface area contributed by atoms with Crippen molar-refractivity contribution in [3.05, 3.63) is 65.1 Å². The number of aryl methyl sites for hydroxylation is 1. The standard InChI is InChI=1S/C24H27FN4O4S2/c1-5-12-29-21(15(4)33-17-10-8-16(25)9-11-17)27-28-24(29)34-14-20(30)26-22-19(23(31)32-7-3)13-18(6-2)35-22/h5,8-11,13,15H,1,6-7,12,14H2,2-4H3,(H,26,30). The smallest absolute Gasteiger partial charge is 0.341 e. The minimum Gasteiger partial charge on any atom is -0.483 e. The first-order valence-electron chi connectivity index (χ1n) is 11.0. The van der Waals surface area contributed by atoms with Crippen molar-refractivity contribution < 1.29 is 23.5 Å². The summed E-state index contributed by atoms with van der Waals surface area (Å²) in [5.74, 6) is 0.0179. The fraction of sp³-hybridized carbons (Fsp3) is 0.333. The Morgan fingerprint density at radius 3 is 2.69 bits per heavy atom. The van der Waals surface area contributed by atoms with Crippen LogP contribution in [0.2, 0.25) is 0 Å². The number of aromatic nitrogens is 3. The van der Waals surface area contributed by atoms with E-state index in [1.165, 1.54) is 35.2 Å². The van der Waals surface area contributed by atoms with E-state index < -0.39 is 12.1 Å². The first-order chi connectivity index (χ1) is 16.9. The molecule has 1 aromatic carbocycles. The Morgan fingerprint density at radius 2 is 2.03 bits per heavy atom. The third-order valence-electron chi connectivity index (χ3n) is 4.76. The van der Waals surface area contributed by atoms with Crippen molar-refractivity contribution in [3.8, 4) is 5.75 Å². The van der Waals surface area contributed by atoms with Crippen molar-refractivity contribution >= 4 is 40.0 Å². The van der Waals surface area contributed by atoms with E-state index in [1.807, 2.05) is 18.4 Å². The number of halogens is 1. The largest absolute Gasteiger partial charge is 0.483 e. The van der Waals surface area contributed by atoms with Crippen LogP contribution < -0.4 is 10.1 Å². The van der Waals surface area contributed by atoms with E-state index in [2.05, 4.69) is 22.1 Å². The summed E-state index contributed by atoms with van der Waals surface area (Å²) in [6.45, 7) is 9.98. The number of carbonyl (C=O) groups is 2. The van der Waals surface area contributed by atoms with E-state index in [9.17, 15) is 14.0 Å². The van der Waals surface area contributed by atoms with Gasteiger partial charge in [-0.25, -0.2) is 9.18 Å². The quantitative estimate of drug-likeness (QED) is 0.198. The summed E-state index contributed by atoms with van der Waals surface area (Å²) in [7, 11) is 0. The number of rotatable bonds is 12. The Morgan fingerprint density at radius 1 is 1.29 bits per heavy atom. The molecule has 8 nitrogen and oxygen atoms in total. The summed E-state index contributed by atoms with van der Waals surface area (Å²) >= 11 is 2.57. The van der Waals surface area contributed by atoms with Gasteiger partial charge in [0.05, 0.1) is 17.9 Å². The Bertz CT molecular complexity index is 1180. The molecule has 1 atom stereocenters. The van der Waals surface area contributed by atoms with Gasteiger partial charge in [0.1, 0.15) is 16.6 Å². The number of hydrogen-bond acceptors (Lipinski definition) is 8. The number of esters is 1. The zero-order valence-corrected chi connectivity index (χ0v) is 21.4. The van der Waals surface area contributed by atoms with Crippen LogP contribution >= 0.6 is 23.1 Å². The number of nitrogens with one attached hydrogen (secondary N) is 1. The molecule has 2 aromatic heterocycles. The second-order valence-electron chi connectivity index (χ2n) is 7.32. The van der Waals surface area contributed by atoms with Crippen LogP contribution in [0.4, 0.5) is 9.39 Å². The second kappa shape index (κ2) is 12.5. The summed E-state index contributed by atoms with van der Waals surface area (Å²) in [5, 5.41) is 12.3. The number of anilines is 1. The average Bonchev–Trinajstić information content (AvgIpc) is 3.43. The molecule has 0 bridgehead atoms. The van der Waals surface area contributed by atoms with E-state index in [1.54, 1.807) is 31.2 Å². The average molecular weight is 519 g/mol. The Hall–Kier alpha value is -3.18. The van der Waals surface area contributed by atoms with Crippen LogP contribution in [0.1, 0.15) is 47.9 Å². The van der Waals surface area contributed by atoms with Gasteiger partial charge in [-0.05, 0) is 50.6 Å². The lowest BCUT2D eigenvalue weighted by atomic mass is 10.2. The molecule has 3 aromatic rings. The van der Waals surface area contributed by atoms with Gasteiger partial charge in [0, 0.05) is 11.4 Å². The highest BCUT2D eigenvalue weighted by Crippen LogP contribution is 2.30. The van der Waals surface area contributed by atoms with Gasteiger partial charge in [-0.2, -0.15) is 0 Å². The lowest BCUT2D eigenvalue weighted by Crippen LogP contribution is -2.17. The summed E-state index contributed by atoms with van der Waals surface area (Å²) in [6, 6.07) is 7.47. The molecule has 186 valence electrons. The zero-order valence-electron chi connectivity index (χ0n) is 19.7. The molecule has 2 heterocycles. The van der Waals surface area contributed by atoms with Crippen molar-refractivity contribution in [2.24, 2.45) is 0 Å². The summed E-state index contributed by atoms with van der Waals surface area (Å²) < 4.78 is 26.0. The first-order valence-corrected chi connectivity index (χ1v) is 12.8.